The maximum absolute atomic E-state index is 12.7. The van der Waals surface area contributed by atoms with E-state index >= 15 is 0 Å². The first-order chi connectivity index (χ1) is 10.1. The molecule has 0 radical (unpaired) electrons. The first kappa shape index (κ1) is 14.9. The molecule has 4 heteroatoms. The van der Waals surface area contributed by atoms with Crippen LogP contribution in [0.3, 0.4) is 0 Å². The zero-order chi connectivity index (χ0) is 14.8. The number of benzene rings is 1. The molecule has 2 heterocycles. The van der Waals surface area contributed by atoms with E-state index in [0.29, 0.717) is 18.5 Å². The van der Waals surface area contributed by atoms with E-state index < -0.39 is 0 Å². The van der Waals surface area contributed by atoms with Gasteiger partial charge in [-0.3, -0.25) is 9.69 Å². The molecule has 21 heavy (non-hydrogen) atoms. The van der Waals surface area contributed by atoms with E-state index in [1.54, 1.807) is 0 Å². The largest absolute Gasteiger partial charge is 0.336 e. The van der Waals surface area contributed by atoms with Crippen LogP contribution in [0.5, 0.6) is 0 Å². The summed E-state index contributed by atoms with van der Waals surface area (Å²) in [5, 5.41) is -0.234. The Kier molecular flexibility index (Phi) is 4.55. The van der Waals surface area contributed by atoms with Gasteiger partial charge in [-0.25, -0.2) is 0 Å². The van der Waals surface area contributed by atoms with Crippen LogP contribution in [0.1, 0.15) is 25.3 Å². The Morgan fingerprint density at radius 3 is 2.86 bits per heavy atom. The van der Waals surface area contributed by atoms with E-state index in [9.17, 15) is 4.79 Å². The zero-order valence-electron chi connectivity index (χ0n) is 12.6. The molecule has 0 saturated carbocycles. The fourth-order valence-electron chi connectivity index (χ4n) is 3.61. The van der Waals surface area contributed by atoms with Gasteiger partial charge in [0.05, 0.1) is 5.25 Å². The molecule has 3 nitrogen and oxygen atoms in total. The number of amides is 1. The smallest absolute Gasteiger partial charge is 0.236 e. The van der Waals surface area contributed by atoms with Gasteiger partial charge in [0.15, 0.2) is 0 Å². The molecule has 2 fully saturated rings. The topological polar surface area (TPSA) is 23.6 Å². The second-order valence-corrected chi connectivity index (χ2v) is 6.96. The fourth-order valence-corrected chi connectivity index (χ4v) is 3.97. The van der Waals surface area contributed by atoms with E-state index in [1.807, 2.05) is 18.2 Å². The lowest BCUT2D eigenvalue weighted by Crippen LogP contribution is -2.58. The molecule has 114 valence electrons. The number of hydrogen-bond acceptors (Lipinski definition) is 3. The maximum atomic E-state index is 12.7. The first-order valence-electron chi connectivity index (χ1n) is 7.91. The monoisotopic (exact) mass is 304 g/mol. The van der Waals surface area contributed by atoms with Gasteiger partial charge in [0.1, 0.15) is 0 Å². The van der Waals surface area contributed by atoms with Crippen molar-refractivity contribution in [2.45, 2.75) is 43.5 Å². The van der Waals surface area contributed by atoms with Gasteiger partial charge >= 0.3 is 0 Å². The van der Waals surface area contributed by atoms with Crippen molar-refractivity contribution in [3.8, 4) is 0 Å². The summed E-state index contributed by atoms with van der Waals surface area (Å²) in [5.41, 5.74) is 1.18. The van der Waals surface area contributed by atoms with Crippen LogP contribution >= 0.6 is 12.6 Å². The van der Waals surface area contributed by atoms with Crippen LogP contribution in [-0.4, -0.2) is 52.7 Å². The summed E-state index contributed by atoms with van der Waals surface area (Å²) in [5.74, 6) is 0.196. The summed E-state index contributed by atoms with van der Waals surface area (Å²) >= 11 is 4.58. The summed E-state index contributed by atoms with van der Waals surface area (Å²) in [6, 6.07) is 11.0. The van der Waals surface area contributed by atoms with E-state index in [-0.39, 0.29) is 11.2 Å². The second kappa shape index (κ2) is 6.41. The maximum Gasteiger partial charge on any atom is 0.236 e. The average molecular weight is 304 g/mol. The lowest BCUT2D eigenvalue weighted by atomic mass is 10.0. The van der Waals surface area contributed by atoms with Gasteiger partial charge in [-0.15, -0.1) is 0 Å². The van der Waals surface area contributed by atoms with Gasteiger partial charge in [-0.05, 0) is 38.3 Å². The van der Waals surface area contributed by atoms with Crippen molar-refractivity contribution in [2.75, 3.05) is 19.6 Å². The molecule has 3 atom stereocenters. The van der Waals surface area contributed by atoms with Gasteiger partial charge in [0.25, 0.3) is 0 Å². The summed E-state index contributed by atoms with van der Waals surface area (Å²) in [7, 11) is 0. The molecule has 0 aliphatic carbocycles. The molecule has 2 aliphatic rings. The Morgan fingerprint density at radius 2 is 2.10 bits per heavy atom. The van der Waals surface area contributed by atoms with Crippen LogP contribution in [0.4, 0.5) is 0 Å². The summed E-state index contributed by atoms with van der Waals surface area (Å²) in [4.78, 5) is 17.3. The third-order valence-electron chi connectivity index (χ3n) is 4.78. The Labute approximate surface area is 132 Å². The minimum Gasteiger partial charge on any atom is -0.336 e. The minimum atomic E-state index is -0.234. The molecular weight excluding hydrogens is 280 g/mol. The van der Waals surface area contributed by atoms with E-state index in [0.717, 1.165) is 13.1 Å². The van der Waals surface area contributed by atoms with Crippen LogP contribution in [0.2, 0.25) is 0 Å². The van der Waals surface area contributed by atoms with Crippen molar-refractivity contribution in [1.29, 1.82) is 0 Å². The highest BCUT2D eigenvalue weighted by Crippen LogP contribution is 2.25. The molecule has 1 aromatic carbocycles. The molecule has 0 aromatic heterocycles. The SMILES string of the molecule is CC1CN2CCCC2CN1C(=O)C(S)Cc1ccccc1. The van der Waals surface area contributed by atoms with E-state index in [2.05, 4.69) is 41.5 Å². The number of hydrogen-bond donors (Lipinski definition) is 1. The normalized spacial score (nSPS) is 27.4. The first-order valence-corrected chi connectivity index (χ1v) is 8.43. The highest BCUT2D eigenvalue weighted by atomic mass is 32.1. The number of piperazine rings is 1. The molecule has 2 aliphatic heterocycles. The molecule has 0 bridgehead atoms. The molecule has 0 spiro atoms. The number of nitrogens with zero attached hydrogens (tertiary/aromatic N) is 2. The molecule has 3 rings (SSSR count). The Bertz CT molecular complexity index is 493. The third kappa shape index (κ3) is 3.27. The van der Waals surface area contributed by atoms with Crippen LogP contribution in [-0.2, 0) is 11.2 Å². The van der Waals surface area contributed by atoms with Crippen LogP contribution in [0.25, 0.3) is 0 Å². The fraction of sp³-hybridized carbons (Fsp3) is 0.588. The van der Waals surface area contributed by atoms with Crippen molar-refractivity contribution in [3.63, 3.8) is 0 Å². The summed E-state index contributed by atoms with van der Waals surface area (Å²) in [6.07, 6.45) is 3.21. The van der Waals surface area contributed by atoms with Gasteiger partial charge in [0.2, 0.25) is 5.91 Å². The van der Waals surface area contributed by atoms with Crippen molar-refractivity contribution >= 4 is 18.5 Å². The molecule has 0 N–H and O–H groups in total. The summed E-state index contributed by atoms with van der Waals surface area (Å²) in [6.45, 7) is 5.26. The summed E-state index contributed by atoms with van der Waals surface area (Å²) < 4.78 is 0. The van der Waals surface area contributed by atoms with E-state index in [1.165, 1.54) is 24.9 Å². The van der Waals surface area contributed by atoms with Crippen molar-refractivity contribution in [1.82, 2.24) is 9.80 Å². The van der Waals surface area contributed by atoms with E-state index in [4.69, 9.17) is 0 Å². The molecular formula is C17H24N2OS. The van der Waals surface area contributed by atoms with Crippen LogP contribution in [0, 0.1) is 0 Å². The Balaban J connectivity index is 1.63. The highest BCUT2D eigenvalue weighted by Gasteiger charge is 2.37. The lowest BCUT2D eigenvalue weighted by molar-refractivity contribution is -0.136. The molecule has 1 amide bonds. The predicted molar refractivity (Wildman–Crippen MR) is 88.7 cm³/mol. The second-order valence-electron chi connectivity index (χ2n) is 6.34. The van der Waals surface area contributed by atoms with Gasteiger partial charge < -0.3 is 4.90 Å². The third-order valence-corrected chi connectivity index (χ3v) is 5.18. The molecule has 2 saturated heterocycles. The van der Waals surface area contributed by atoms with Gasteiger partial charge in [-0.2, -0.15) is 12.6 Å². The Morgan fingerprint density at radius 1 is 1.33 bits per heavy atom. The van der Waals surface area contributed by atoms with Crippen molar-refractivity contribution < 1.29 is 4.79 Å². The van der Waals surface area contributed by atoms with Gasteiger partial charge in [0, 0.05) is 25.2 Å². The number of carbonyl (C=O) groups excluding carboxylic acids is 1. The van der Waals surface area contributed by atoms with Crippen LogP contribution in [0.15, 0.2) is 30.3 Å². The predicted octanol–water partition coefficient (Wildman–Crippen LogP) is 2.22. The minimum absolute atomic E-state index is 0.196. The number of thiol groups is 1. The van der Waals surface area contributed by atoms with Crippen molar-refractivity contribution in [2.24, 2.45) is 0 Å². The highest BCUT2D eigenvalue weighted by molar-refractivity contribution is 7.81. The lowest BCUT2D eigenvalue weighted by Gasteiger charge is -2.43. The van der Waals surface area contributed by atoms with Crippen LogP contribution < -0.4 is 0 Å². The molecule has 3 unspecified atom stereocenters. The number of rotatable bonds is 3. The quantitative estimate of drug-likeness (QED) is 0.866. The van der Waals surface area contributed by atoms with Gasteiger partial charge in [-0.1, -0.05) is 30.3 Å². The standard InChI is InChI=1S/C17H24N2OS/c1-13-11-18-9-5-8-15(18)12-19(13)17(20)16(21)10-14-6-3-2-4-7-14/h2-4,6-7,13,15-16,21H,5,8-12H2,1H3. The average Bonchev–Trinajstić information content (AvgIpc) is 2.93. The zero-order valence-corrected chi connectivity index (χ0v) is 13.5. The van der Waals surface area contributed by atoms with Crippen molar-refractivity contribution in [3.05, 3.63) is 35.9 Å². The number of carbonyl (C=O) groups is 1. The molecule has 1 aromatic rings. The number of fused-ring (bicyclic) bond motifs is 1. The Hall–Kier alpha value is -1.00.